The number of thiazole rings is 1. The number of piperidine rings is 1. The summed E-state index contributed by atoms with van der Waals surface area (Å²) in [7, 11) is 3.13. The van der Waals surface area contributed by atoms with E-state index < -0.39 is 0 Å². The van der Waals surface area contributed by atoms with Gasteiger partial charge in [-0.3, -0.25) is 14.5 Å². The SMILES string of the molecule is COc1ccc(NC(=O)C2CCCN(CC(=O)Nc3nc(C)c(C)s3)C2)c(OC)c1. The van der Waals surface area contributed by atoms with Gasteiger partial charge in [-0.2, -0.15) is 0 Å². The zero-order chi connectivity index (χ0) is 21.7. The first-order valence-corrected chi connectivity index (χ1v) is 10.7. The highest BCUT2D eigenvalue weighted by molar-refractivity contribution is 7.15. The number of rotatable bonds is 7. The zero-order valence-corrected chi connectivity index (χ0v) is 18.6. The average molecular weight is 433 g/mol. The molecule has 1 aromatic heterocycles. The minimum Gasteiger partial charge on any atom is -0.497 e. The number of methoxy groups -OCH3 is 2. The van der Waals surface area contributed by atoms with Gasteiger partial charge in [0.05, 0.1) is 38.1 Å². The number of carbonyl (C=O) groups is 2. The maximum absolute atomic E-state index is 12.8. The van der Waals surface area contributed by atoms with Crippen molar-refractivity contribution in [2.24, 2.45) is 5.92 Å². The van der Waals surface area contributed by atoms with Crippen LogP contribution in [0.1, 0.15) is 23.4 Å². The summed E-state index contributed by atoms with van der Waals surface area (Å²) in [4.78, 5) is 32.7. The fourth-order valence-corrected chi connectivity index (χ4v) is 4.27. The Morgan fingerprint density at radius 3 is 2.70 bits per heavy atom. The Bertz CT molecular complexity index is 895. The number of likely N-dealkylation sites (tertiary alicyclic amines) is 1. The lowest BCUT2D eigenvalue weighted by Crippen LogP contribution is -2.44. The lowest BCUT2D eigenvalue weighted by Gasteiger charge is -2.31. The van der Waals surface area contributed by atoms with Crippen LogP contribution in [0.4, 0.5) is 10.8 Å². The number of benzene rings is 1. The second kappa shape index (κ2) is 9.90. The summed E-state index contributed by atoms with van der Waals surface area (Å²) in [5, 5.41) is 6.43. The standard InChI is InChI=1S/C21H28N4O4S/c1-13-14(2)30-21(22-13)24-19(26)12-25-9-5-6-15(11-25)20(27)23-17-8-7-16(28-3)10-18(17)29-4/h7-8,10,15H,5-6,9,11-12H2,1-4H3,(H,23,27)(H,22,24,26). The van der Waals surface area contributed by atoms with Crippen LogP contribution in [0.5, 0.6) is 11.5 Å². The van der Waals surface area contributed by atoms with Gasteiger partial charge in [-0.25, -0.2) is 4.98 Å². The molecule has 8 nitrogen and oxygen atoms in total. The van der Waals surface area contributed by atoms with Crippen LogP contribution < -0.4 is 20.1 Å². The molecule has 3 rings (SSSR count). The molecule has 1 aromatic carbocycles. The number of nitrogens with zero attached hydrogens (tertiary/aromatic N) is 2. The molecule has 0 aliphatic carbocycles. The summed E-state index contributed by atoms with van der Waals surface area (Å²) in [6.07, 6.45) is 1.65. The van der Waals surface area contributed by atoms with Crippen LogP contribution in [0.3, 0.4) is 0 Å². The molecule has 162 valence electrons. The molecule has 1 unspecified atom stereocenters. The lowest BCUT2D eigenvalue weighted by molar-refractivity contribution is -0.123. The first-order chi connectivity index (χ1) is 14.4. The molecule has 1 atom stereocenters. The van der Waals surface area contributed by atoms with E-state index in [1.54, 1.807) is 32.4 Å². The average Bonchev–Trinajstić information content (AvgIpc) is 3.04. The fraction of sp³-hybridized carbons (Fsp3) is 0.476. The lowest BCUT2D eigenvalue weighted by atomic mass is 9.97. The topological polar surface area (TPSA) is 92.8 Å². The molecule has 1 fully saturated rings. The number of ether oxygens (including phenoxy) is 2. The maximum Gasteiger partial charge on any atom is 0.240 e. The van der Waals surface area contributed by atoms with Crippen LogP contribution in [-0.4, -0.2) is 55.6 Å². The van der Waals surface area contributed by atoms with Gasteiger partial charge in [0, 0.05) is 17.5 Å². The molecule has 2 N–H and O–H groups in total. The second-order valence-electron chi connectivity index (χ2n) is 7.34. The molecule has 0 spiro atoms. The van der Waals surface area contributed by atoms with Crippen LogP contribution in [0.2, 0.25) is 0 Å². The van der Waals surface area contributed by atoms with E-state index in [9.17, 15) is 9.59 Å². The van der Waals surface area contributed by atoms with Gasteiger partial charge >= 0.3 is 0 Å². The van der Waals surface area contributed by atoms with Crippen molar-refractivity contribution in [3.8, 4) is 11.5 Å². The summed E-state index contributed by atoms with van der Waals surface area (Å²) in [5.41, 5.74) is 1.53. The number of aryl methyl sites for hydroxylation is 2. The first-order valence-electron chi connectivity index (χ1n) is 9.88. The summed E-state index contributed by atoms with van der Waals surface area (Å²) in [6.45, 7) is 5.47. The van der Waals surface area contributed by atoms with Crippen molar-refractivity contribution >= 4 is 34.0 Å². The summed E-state index contributed by atoms with van der Waals surface area (Å²) in [6, 6.07) is 5.27. The second-order valence-corrected chi connectivity index (χ2v) is 8.54. The normalized spacial score (nSPS) is 16.7. The van der Waals surface area contributed by atoms with Gasteiger partial charge in [0.15, 0.2) is 5.13 Å². The van der Waals surface area contributed by atoms with Gasteiger partial charge in [-0.15, -0.1) is 11.3 Å². The number of nitrogens with one attached hydrogen (secondary N) is 2. The molecule has 30 heavy (non-hydrogen) atoms. The van der Waals surface area contributed by atoms with Crippen LogP contribution >= 0.6 is 11.3 Å². The van der Waals surface area contributed by atoms with Crippen molar-refractivity contribution in [1.29, 1.82) is 0 Å². The Balaban J connectivity index is 1.56. The third-order valence-corrected chi connectivity index (χ3v) is 6.17. The molecule has 0 radical (unpaired) electrons. The van der Waals surface area contributed by atoms with Gasteiger partial charge in [-0.1, -0.05) is 0 Å². The largest absolute Gasteiger partial charge is 0.497 e. The molecule has 0 bridgehead atoms. The molecule has 1 aliphatic heterocycles. The minimum atomic E-state index is -0.192. The van der Waals surface area contributed by atoms with Crippen molar-refractivity contribution in [1.82, 2.24) is 9.88 Å². The molecule has 1 saturated heterocycles. The molecule has 9 heteroatoms. The van der Waals surface area contributed by atoms with Crippen LogP contribution in [-0.2, 0) is 9.59 Å². The smallest absolute Gasteiger partial charge is 0.240 e. The van der Waals surface area contributed by atoms with Crippen molar-refractivity contribution in [2.45, 2.75) is 26.7 Å². The van der Waals surface area contributed by atoms with E-state index in [-0.39, 0.29) is 24.3 Å². The van der Waals surface area contributed by atoms with E-state index >= 15 is 0 Å². The predicted molar refractivity (Wildman–Crippen MR) is 118 cm³/mol. The van der Waals surface area contributed by atoms with Crippen molar-refractivity contribution in [3.05, 3.63) is 28.8 Å². The van der Waals surface area contributed by atoms with Crippen LogP contribution in [0.15, 0.2) is 18.2 Å². The predicted octanol–water partition coefficient (Wildman–Crippen LogP) is 3.07. The number of anilines is 2. The fourth-order valence-electron chi connectivity index (χ4n) is 3.44. The van der Waals surface area contributed by atoms with Gasteiger partial charge in [0.2, 0.25) is 11.8 Å². The van der Waals surface area contributed by atoms with Crippen molar-refractivity contribution < 1.29 is 19.1 Å². The Morgan fingerprint density at radius 2 is 2.03 bits per heavy atom. The third-order valence-electron chi connectivity index (χ3n) is 5.18. The Morgan fingerprint density at radius 1 is 1.23 bits per heavy atom. The van der Waals surface area contributed by atoms with E-state index in [0.29, 0.717) is 28.9 Å². The highest BCUT2D eigenvalue weighted by Crippen LogP contribution is 2.30. The van der Waals surface area contributed by atoms with Crippen molar-refractivity contribution in [2.75, 3.05) is 44.5 Å². The molecular formula is C21H28N4O4S. The summed E-state index contributed by atoms with van der Waals surface area (Å²) in [5.74, 6) is 0.827. The Labute approximate surface area is 180 Å². The van der Waals surface area contributed by atoms with E-state index in [4.69, 9.17) is 9.47 Å². The number of amides is 2. The first kappa shape index (κ1) is 22.0. The van der Waals surface area contributed by atoms with Gasteiger partial charge in [-0.05, 0) is 45.4 Å². The number of aromatic nitrogens is 1. The third kappa shape index (κ3) is 5.48. The Hall–Kier alpha value is -2.65. The summed E-state index contributed by atoms with van der Waals surface area (Å²) < 4.78 is 10.5. The highest BCUT2D eigenvalue weighted by Gasteiger charge is 2.27. The van der Waals surface area contributed by atoms with E-state index in [0.717, 1.165) is 30.0 Å². The van der Waals surface area contributed by atoms with Crippen LogP contribution in [0.25, 0.3) is 0 Å². The highest BCUT2D eigenvalue weighted by atomic mass is 32.1. The quantitative estimate of drug-likeness (QED) is 0.699. The monoisotopic (exact) mass is 432 g/mol. The van der Waals surface area contributed by atoms with E-state index in [1.807, 2.05) is 18.7 Å². The number of hydrogen-bond acceptors (Lipinski definition) is 7. The van der Waals surface area contributed by atoms with Gasteiger partial charge < -0.3 is 20.1 Å². The number of hydrogen-bond donors (Lipinski definition) is 2. The molecule has 1 aliphatic rings. The van der Waals surface area contributed by atoms with E-state index in [2.05, 4.69) is 15.6 Å². The number of carbonyl (C=O) groups excluding carboxylic acids is 2. The Kier molecular flexibility index (Phi) is 7.28. The minimum absolute atomic E-state index is 0.0743. The van der Waals surface area contributed by atoms with E-state index in [1.165, 1.54) is 11.3 Å². The van der Waals surface area contributed by atoms with Gasteiger partial charge in [0.25, 0.3) is 0 Å². The molecule has 2 amide bonds. The summed E-state index contributed by atoms with van der Waals surface area (Å²) >= 11 is 1.47. The zero-order valence-electron chi connectivity index (χ0n) is 17.8. The molecule has 2 heterocycles. The van der Waals surface area contributed by atoms with Crippen molar-refractivity contribution in [3.63, 3.8) is 0 Å². The molecule has 2 aromatic rings. The molecule has 0 saturated carbocycles. The van der Waals surface area contributed by atoms with Gasteiger partial charge in [0.1, 0.15) is 11.5 Å². The maximum atomic E-state index is 12.8. The molecular weight excluding hydrogens is 404 g/mol. The van der Waals surface area contributed by atoms with Crippen LogP contribution in [0, 0.1) is 19.8 Å².